The second kappa shape index (κ2) is 17.7. The van der Waals surface area contributed by atoms with Gasteiger partial charge >= 0.3 is 0 Å². The number of benzene rings is 2. The molecule has 0 radical (unpaired) electrons. The highest BCUT2D eigenvalue weighted by Crippen LogP contribution is 2.21. The molecule has 0 atom stereocenters. The summed E-state index contributed by atoms with van der Waals surface area (Å²) in [5.74, 6) is 0. The van der Waals surface area contributed by atoms with E-state index in [1.807, 2.05) is 57.2 Å². The van der Waals surface area contributed by atoms with Crippen LogP contribution in [0.3, 0.4) is 0 Å². The highest BCUT2D eigenvalue weighted by molar-refractivity contribution is 6.30. The second-order valence-electron chi connectivity index (χ2n) is 7.20. The molecule has 0 aliphatic heterocycles. The van der Waals surface area contributed by atoms with Gasteiger partial charge in [0.15, 0.2) is 0 Å². The van der Waals surface area contributed by atoms with Crippen molar-refractivity contribution in [3.05, 3.63) is 102 Å². The average molecular weight is 431 g/mol. The number of aryl methyl sites for hydroxylation is 1. The van der Waals surface area contributed by atoms with Gasteiger partial charge in [-0.25, -0.2) is 4.99 Å². The molecule has 172 valence electrons. The van der Waals surface area contributed by atoms with Crippen LogP contribution in [-0.4, -0.2) is 11.4 Å². The molecule has 2 nitrogen and oxygen atoms in total. The van der Waals surface area contributed by atoms with Crippen molar-refractivity contribution in [3.8, 4) is 0 Å². The third kappa shape index (κ3) is 10.9. The van der Waals surface area contributed by atoms with Crippen molar-refractivity contribution < 1.29 is 0 Å². The van der Waals surface area contributed by atoms with Crippen molar-refractivity contribution in [2.45, 2.75) is 68.2 Å². The van der Waals surface area contributed by atoms with Crippen LogP contribution in [0.5, 0.6) is 0 Å². The van der Waals surface area contributed by atoms with Crippen LogP contribution >= 0.6 is 0 Å². The van der Waals surface area contributed by atoms with Gasteiger partial charge in [-0.2, -0.15) is 0 Å². The van der Waals surface area contributed by atoms with E-state index in [1.165, 1.54) is 16.7 Å². The van der Waals surface area contributed by atoms with E-state index >= 15 is 0 Å². The van der Waals surface area contributed by atoms with Crippen LogP contribution in [0.4, 0.5) is 5.69 Å². The lowest BCUT2D eigenvalue weighted by molar-refractivity contribution is 1.14. The Morgan fingerprint density at radius 3 is 1.78 bits per heavy atom. The first kappa shape index (κ1) is 29.0. The van der Waals surface area contributed by atoms with Gasteiger partial charge in [0.25, 0.3) is 0 Å². The Kier molecular flexibility index (Phi) is 16.0. The summed E-state index contributed by atoms with van der Waals surface area (Å²) >= 11 is 0. The molecule has 0 bridgehead atoms. The molecule has 0 spiro atoms. The summed E-state index contributed by atoms with van der Waals surface area (Å²) in [5, 5.41) is 0. The summed E-state index contributed by atoms with van der Waals surface area (Å²) in [6, 6.07) is 20.5. The van der Waals surface area contributed by atoms with Gasteiger partial charge in [0.2, 0.25) is 0 Å². The zero-order valence-electron chi connectivity index (χ0n) is 21.4. The quantitative estimate of drug-likeness (QED) is 0.391. The molecule has 0 unspecified atom stereocenters. The maximum atomic E-state index is 4.88. The first-order valence-electron chi connectivity index (χ1n) is 11.6. The minimum Gasteiger partial charge on any atom is -0.262 e. The van der Waals surface area contributed by atoms with Gasteiger partial charge in [0.05, 0.1) is 11.4 Å². The van der Waals surface area contributed by atoms with Gasteiger partial charge in [-0.05, 0) is 63.8 Å². The van der Waals surface area contributed by atoms with E-state index in [2.05, 4.69) is 76.5 Å². The van der Waals surface area contributed by atoms with Crippen molar-refractivity contribution in [2.24, 2.45) is 9.98 Å². The molecule has 2 heteroatoms. The number of nitrogens with zero attached hydrogens (tertiary/aromatic N) is 2. The molecule has 0 fully saturated rings. The van der Waals surface area contributed by atoms with E-state index in [0.717, 1.165) is 35.5 Å². The molecule has 0 aliphatic carbocycles. The smallest absolute Gasteiger partial charge is 0.0752 e. The Labute approximate surface area is 197 Å². The number of aliphatic imine (C=N–C) groups is 2. The maximum Gasteiger partial charge on any atom is 0.0752 e. The Bertz CT molecular complexity index is 894. The summed E-state index contributed by atoms with van der Waals surface area (Å²) in [7, 11) is 0. The Balaban J connectivity index is 0.000000796. The fourth-order valence-electron chi connectivity index (χ4n) is 3.06. The van der Waals surface area contributed by atoms with E-state index < -0.39 is 0 Å². The van der Waals surface area contributed by atoms with E-state index in [0.29, 0.717) is 0 Å². The lowest BCUT2D eigenvalue weighted by Gasteiger charge is -2.14. The normalized spacial score (nSPS) is 11.4. The fourth-order valence-corrected chi connectivity index (χ4v) is 3.06. The minimum absolute atomic E-state index is 0.938. The molecule has 0 aliphatic rings. The third-order valence-corrected chi connectivity index (χ3v) is 4.52. The summed E-state index contributed by atoms with van der Waals surface area (Å²) in [6.07, 6.45) is 5.90. The number of hydrogen-bond donors (Lipinski definition) is 0. The molecule has 0 aromatic heterocycles. The third-order valence-electron chi connectivity index (χ3n) is 4.52. The van der Waals surface area contributed by atoms with Crippen molar-refractivity contribution >= 4 is 17.1 Å². The molecule has 0 N–H and O–H groups in total. The zero-order valence-corrected chi connectivity index (χ0v) is 21.4. The van der Waals surface area contributed by atoms with Crippen LogP contribution in [0.25, 0.3) is 0 Å². The molecular weight excluding hydrogens is 388 g/mol. The molecule has 0 amide bonds. The summed E-state index contributed by atoms with van der Waals surface area (Å²) in [4.78, 5) is 9.24. The van der Waals surface area contributed by atoms with Crippen LogP contribution in [0.1, 0.15) is 67.4 Å². The van der Waals surface area contributed by atoms with Crippen LogP contribution in [0.2, 0.25) is 0 Å². The van der Waals surface area contributed by atoms with E-state index in [1.54, 1.807) is 6.20 Å². The Morgan fingerprint density at radius 2 is 1.38 bits per heavy atom. The molecule has 32 heavy (non-hydrogen) atoms. The van der Waals surface area contributed by atoms with Crippen LogP contribution < -0.4 is 0 Å². The lowest BCUT2D eigenvalue weighted by Crippen LogP contribution is -2.13. The Morgan fingerprint density at radius 1 is 0.844 bits per heavy atom. The average Bonchev–Trinajstić information content (AvgIpc) is 2.81. The number of allylic oxidation sites excluding steroid dienone is 4. The first-order chi connectivity index (χ1) is 15.4. The van der Waals surface area contributed by atoms with Gasteiger partial charge in [-0.3, -0.25) is 4.99 Å². The number of rotatable bonds is 7. The van der Waals surface area contributed by atoms with Gasteiger partial charge in [-0.15, -0.1) is 0 Å². The monoisotopic (exact) mass is 430 g/mol. The van der Waals surface area contributed by atoms with Crippen LogP contribution in [0, 0.1) is 0 Å². The molecule has 0 saturated carbocycles. The number of para-hydroxylation sites is 1. The summed E-state index contributed by atoms with van der Waals surface area (Å²) in [6.45, 7) is 20.3. The summed E-state index contributed by atoms with van der Waals surface area (Å²) in [5.41, 5.74) is 7.73. The van der Waals surface area contributed by atoms with Crippen molar-refractivity contribution in [1.29, 1.82) is 0 Å². The topological polar surface area (TPSA) is 24.7 Å². The molecule has 2 aromatic rings. The lowest BCUT2D eigenvalue weighted by atomic mass is 9.95. The molecule has 0 heterocycles. The standard InChI is InChI=1S/C20H26N2.C8H10.C2H6/c1-7-12-16(5)20(22-18-13-10-9-11-14-18)19(15(3)4)17(6)21-8-2;1-2-8-6-4-3-5-7-8;1-2/h8-14H,2,7H2,1,3-6H3;3-7H,2H2,1H3;1-2H3/b16-12+,21-17?,22-20?;;. The Hall–Kier alpha value is -3.00. The van der Waals surface area contributed by atoms with E-state index in [4.69, 9.17) is 4.99 Å². The van der Waals surface area contributed by atoms with Gasteiger partial charge in [0, 0.05) is 17.5 Å². The highest BCUT2D eigenvalue weighted by atomic mass is 14.8. The zero-order chi connectivity index (χ0) is 24.4. The number of hydrogen-bond acceptors (Lipinski definition) is 2. The molecular formula is C30H42N2. The van der Waals surface area contributed by atoms with Crippen molar-refractivity contribution in [1.82, 2.24) is 0 Å². The summed E-state index contributed by atoms with van der Waals surface area (Å²) < 4.78 is 0. The molecule has 2 aromatic carbocycles. The van der Waals surface area contributed by atoms with E-state index in [9.17, 15) is 0 Å². The van der Waals surface area contributed by atoms with Crippen molar-refractivity contribution in [2.75, 3.05) is 0 Å². The second-order valence-corrected chi connectivity index (χ2v) is 7.20. The first-order valence-corrected chi connectivity index (χ1v) is 11.6. The predicted octanol–water partition coefficient (Wildman–Crippen LogP) is 9.33. The SMILES string of the molecule is C=CN=C(C)C(C(=Nc1ccccc1)/C(C)=C/CC)=C(C)C.CC.CCc1ccccc1. The van der Waals surface area contributed by atoms with Crippen molar-refractivity contribution in [3.63, 3.8) is 0 Å². The predicted molar refractivity (Wildman–Crippen MR) is 146 cm³/mol. The molecule has 2 rings (SSSR count). The minimum atomic E-state index is 0.938. The highest BCUT2D eigenvalue weighted by Gasteiger charge is 2.14. The van der Waals surface area contributed by atoms with Crippen LogP contribution in [-0.2, 0) is 6.42 Å². The largest absolute Gasteiger partial charge is 0.262 e. The van der Waals surface area contributed by atoms with Gasteiger partial charge in [-0.1, -0.05) is 94.5 Å². The fraction of sp³-hybridized carbons (Fsp3) is 0.333. The van der Waals surface area contributed by atoms with Gasteiger partial charge in [0.1, 0.15) is 0 Å². The van der Waals surface area contributed by atoms with Crippen LogP contribution in [0.15, 0.2) is 106 Å². The van der Waals surface area contributed by atoms with E-state index in [-0.39, 0.29) is 0 Å². The maximum absolute atomic E-state index is 4.88. The van der Waals surface area contributed by atoms with Gasteiger partial charge < -0.3 is 0 Å². The molecule has 0 saturated heterocycles.